The van der Waals surface area contributed by atoms with Crippen LogP contribution in [0.4, 0.5) is 4.39 Å². The lowest BCUT2D eigenvalue weighted by molar-refractivity contribution is 0.609. The smallest absolute Gasteiger partial charge is 0.282 e. The van der Waals surface area contributed by atoms with E-state index in [0.717, 1.165) is 28.6 Å². The number of aryl methyl sites for hydroxylation is 1. The number of nitrogens with zero attached hydrogens (tertiary/aromatic N) is 3. The van der Waals surface area contributed by atoms with Gasteiger partial charge in [0.1, 0.15) is 17.2 Å². The van der Waals surface area contributed by atoms with Crippen molar-refractivity contribution in [1.82, 2.24) is 14.3 Å². The van der Waals surface area contributed by atoms with Crippen LogP contribution in [0.2, 0.25) is 0 Å². The normalized spacial score (nSPS) is 11.4. The van der Waals surface area contributed by atoms with Crippen LogP contribution < -0.4 is 5.56 Å². The summed E-state index contributed by atoms with van der Waals surface area (Å²) in [6, 6.07) is 14.0. The molecule has 0 aromatic heterocycles. The Morgan fingerprint density at radius 3 is 2.62 bits per heavy atom. The molecule has 0 saturated heterocycles. The van der Waals surface area contributed by atoms with E-state index in [0.29, 0.717) is 11.3 Å². The van der Waals surface area contributed by atoms with Crippen molar-refractivity contribution in [3.8, 4) is 16.9 Å². The molecule has 0 N–H and O–H groups in total. The van der Waals surface area contributed by atoms with Gasteiger partial charge >= 0.3 is 0 Å². The third kappa shape index (κ3) is 2.12. The van der Waals surface area contributed by atoms with E-state index in [1.165, 1.54) is 6.07 Å². The average molecular weight is 321 g/mol. The standard InChI is InChI=1S/C19H16FN3O/c1-2-11-22-12-14-18(13-7-3-5-9-16(13)22)21-23(19(14)24)17-10-6-4-8-15(17)20/h3-10,12H,2,11H2,1H3. The maximum absolute atomic E-state index is 14.1. The van der Waals surface area contributed by atoms with Gasteiger partial charge < -0.3 is 4.57 Å². The van der Waals surface area contributed by atoms with Crippen molar-refractivity contribution in [2.45, 2.75) is 19.9 Å². The molecule has 2 aromatic rings. The Hall–Kier alpha value is -2.95. The molecular weight excluding hydrogens is 305 g/mol. The quantitative estimate of drug-likeness (QED) is 0.575. The zero-order chi connectivity index (χ0) is 16.7. The minimum atomic E-state index is -0.465. The number of para-hydroxylation sites is 2. The van der Waals surface area contributed by atoms with Crippen LogP contribution in [0.3, 0.4) is 0 Å². The highest BCUT2D eigenvalue weighted by molar-refractivity contribution is 5.93. The largest absolute Gasteiger partial charge is 0.347 e. The molecule has 0 fully saturated rings. The zero-order valence-electron chi connectivity index (χ0n) is 13.2. The number of pyridine rings is 1. The van der Waals surface area contributed by atoms with Gasteiger partial charge in [-0.25, -0.2) is 4.39 Å². The molecule has 0 radical (unpaired) electrons. The minimum Gasteiger partial charge on any atom is -0.347 e. The second kappa shape index (κ2) is 5.60. The lowest BCUT2D eigenvalue weighted by Crippen LogP contribution is -2.16. The monoisotopic (exact) mass is 321 g/mol. The van der Waals surface area contributed by atoms with Crippen LogP contribution in [0.15, 0.2) is 59.5 Å². The van der Waals surface area contributed by atoms with Crippen LogP contribution in [-0.2, 0) is 6.54 Å². The molecule has 2 aliphatic rings. The third-order valence-corrected chi connectivity index (χ3v) is 4.18. The fraction of sp³-hybridized carbons (Fsp3) is 0.158. The van der Waals surface area contributed by atoms with E-state index in [9.17, 15) is 9.18 Å². The first-order chi connectivity index (χ1) is 11.7. The second-order valence-electron chi connectivity index (χ2n) is 5.77. The molecule has 0 amide bonds. The van der Waals surface area contributed by atoms with Crippen LogP contribution in [0.25, 0.3) is 27.8 Å². The Labute approximate surface area is 138 Å². The Balaban J connectivity index is 2.09. The summed E-state index contributed by atoms with van der Waals surface area (Å²) in [5, 5.41) is 5.32. The highest BCUT2D eigenvalue weighted by Crippen LogP contribution is 2.28. The fourth-order valence-corrected chi connectivity index (χ4v) is 3.09. The summed E-state index contributed by atoms with van der Waals surface area (Å²) in [6.45, 7) is 2.90. The summed E-state index contributed by atoms with van der Waals surface area (Å²) in [7, 11) is 0. The van der Waals surface area contributed by atoms with Gasteiger partial charge in [0.25, 0.3) is 5.56 Å². The molecule has 0 unspecified atom stereocenters. The highest BCUT2D eigenvalue weighted by atomic mass is 19.1. The lowest BCUT2D eigenvalue weighted by Gasteiger charge is -2.12. The second-order valence-corrected chi connectivity index (χ2v) is 5.77. The number of hydrogen-bond acceptors (Lipinski definition) is 2. The lowest BCUT2D eigenvalue weighted by atomic mass is 10.1. The van der Waals surface area contributed by atoms with Crippen LogP contribution in [0.5, 0.6) is 0 Å². The minimum absolute atomic E-state index is 0.171. The Morgan fingerprint density at radius 1 is 1.08 bits per heavy atom. The summed E-state index contributed by atoms with van der Waals surface area (Å²) in [5.74, 6) is -0.465. The molecule has 2 aromatic carbocycles. The van der Waals surface area contributed by atoms with Crippen molar-refractivity contribution in [2.24, 2.45) is 0 Å². The van der Waals surface area contributed by atoms with E-state index in [2.05, 4.69) is 16.6 Å². The Morgan fingerprint density at radius 2 is 1.83 bits per heavy atom. The molecule has 0 saturated carbocycles. The van der Waals surface area contributed by atoms with E-state index < -0.39 is 5.82 Å². The van der Waals surface area contributed by atoms with Crippen molar-refractivity contribution < 1.29 is 4.39 Å². The van der Waals surface area contributed by atoms with Crippen molar-refractivity contribution >= 4 is 10.9 Å². The number of fused-ring (bicyclic) bond motifs is 3. The molecule has 120 valence electrons. The van der Waals surface area contributed by atoms with Crippen molar-refractivity contribution in [1.29, 1.82) is 0 Å². The highest BCUT2D eigenvalue weighted by Gasteiger charge is 2.21. The molecule has 0 spiro atoms. The average Bonchev–Trinajstić information content (AvgIpc) is 2.93. The first-order valence-corrected chi connectivity index (χ1v) is 7.96. The van der Waals surface area contributed by atoms with E-state index >= 15 is 0 Å². The van der Waals surface area contributed by atoms with Gasteiger partial charge in [0.05, 0.1) is 11.1 Å². The van der Waals surface area contributed by atoms with Gasteiger partial charge in [-0.1, -0.05) is 37.3 Å². The number of aromatic nitrogens is 3. The van der Waals surface area contributed by atoms with E-state index in [1.807, 2.05) is 30.5 Å². The topological polar surface area (TPSA) is 39.8 Å². The maximum Gasteiger partial charge on any atom is 0.282 e. The first kappa shape index (κ1) is 14.6. The van der Waals surface area contributed by atoms with Gasteiger partial charge in [-0.05, 0) is 24.6 Å². The molecule has 4 nitrogen and oxygen atoms in total. The van der Waals surface area contributed by atoms with E-state index in [1.54, 1.807) is 18.2 Å². The predicted octanol–water partition coefficient (Wildman–Crippen LogP) is 3.84. The fourth-order valence-electron chi connectivity index (χ4n) is 3.09. The molecule has 0 atom stereocenters. The Kier molecular flexibility index (Phi) is 3.41. The van der Waals surface area contributed by atoms with Crippen molar-refractivity contribution in [2.75, 3.05) is 0 Å². The summed E-state index contributed by atoms with van der Waals surface area (Å²) < 4.78 is 17.3. The predicted molar refractivity (Wildman–Crippen MR) is 92.2 cm³/mol. The van der Waals surface area contributed by atoms with Gasteiger partial charge in [0.15, 0.2) is 0 Å². The molecule has 0 aliphatic carbocycles. The molecule has 24 heavy (non-hydrogen) atoms. The summed E-state index contributed by atoms with van der Waals surface area (Å²) >= 11 is 0. The summed E-state index contributed by atoms with van der Waals surface area (Å²) in [4.78, 5) is 12.8. The van der Waals surface area contributed by atoms with Crippen LogP contribution in [0.1, 0.15) is 13.3 Å². The van der Waals surface area contributed by atoms with Crippen LogP contribution in [-0.4, -0.2) is 14.3 Å². The SMILES string of the molecule is CCCn1cc2c(=O)n(-c3ccccc3F)nc-2c2ccccc21. The van der Waals surface area contributed by atoms with Gasteiger partial charge in [-0.2, -0.15) is 9.78 Å². The molecule has 4 rings (SSSR count). The van der Waals surface area contributed by atoms with Crippen LogP contribution in [0, 0.1) is 5.82 Å². The third-order valence-electron chi connectivity index (χ3n) is 4.18. The summed E-state index contributed by atoms with van der Waals surface area (Å²) in [5.41, 5.74) is 2.00. The van der Waals surface area contributed by atoms with Gasteiger partial charge in [-0.15, -0.1) is 0 Å². The summed E-state index contributed by atoms with van der Waals surface area (Å²) in [6.07, 6.45) is 2.78. The molecule has 0 bridgehead atoms. The molecule has 2 aliphatic heterocycles. The number of hydrogen-bond donors (Lipinski definition) is 0. The van der Waals surface area contributed by atoms with E-state index in [-0.39, 0.29) is 11.2 Å². The van der Waals surface area contributed by atoms with Gasteiger partial charge in [-0.3, -0.25) is 4.79 Å². The van der Waals surface area contributed by atoms with Crippen molar-refractivity contribution in [3.63, 3.8) is 0 Å². The van der Waals surface area contributed by atoms with Crippen LogP contribution >= 0.6 is 0 Å². The van der Waals surface area contributed by atoms with E-state index in [4.69, 9.17) is 0 Å². The first-order valence-electron chi connectivity index (χ1n) is 7.96. The van der Waals surface area contributed by atoms with Gasteiger partial charge in [0, 0.05) is 18.1 Å². The Bertz CT molecular complexity index is 1060. The molecule has 2 heterocycles. The number of halogens is 1. The zero-order valence-corrected chi connectivity index (χ0v) is 13.2. The number of rotatable bonds is 3. The molecular formula is C19H16FN3O. The van der Waals surface area contributed by atoms with Gasteiger partial charge in [0.2, 0.25) is 0 Å². The number of benzene rings is 2. The van der Waals surface area contributed by atoms with Crippen molar-refractivity contribution in [3.05, 3.63) is 70.9 Å². The molecule has 5 heteroatoms. The maximum atomic E-state index is 14.1.